The van der Waals surface area contributed by atoms with E-state index in [1.54, 1.807) is 0 Å². The molecule has 1 aliphatic rings. The lowest BCUT2D eigenvalue weighted by Crippen LogP contribution is -2.50. The molecule has 1 aromatic carbocycles. The first kappa shape index (κ1) is 22.0. The van der Waals surface area contributed by atoms with Crippen LogP contribution in [0.3, 0.4) is 0 Å². The number of rotatable bonds is 10. The lowest BCUT2D eigenvalue weighted by atomic mass is 10.0. The van der Waals surface area contributed by atoms with Gasteiger partial charge < -0.3 is 20.1 Å². The quantitative estimate of drug-likeness (QED) is 0.599. The molecule has 0 aromatic heterocycles. The fourth-order valence-electron chi connectivity index (χ4n) is 3.48. The van der Waals surface area contributed by atoms with Crippen molar-refractivity contribution in [1.29, 1.82) is 0 Å². The number of carbonyl (C=O) groups is 2. The summed E-state index contributed by atoms with van der Waals surface area (Å²) in [6.45, 7) is 7.33. The molecule has 0 spiro atoms. The average molecular weight is 392 g/mol. The van der Waals surface area contributed by atoms with Crippen LogP contribution >= 0.6 is 0 Å². The summed E-state index contributed by atoms with van der Waals surface area (Å²) >= 11 is 0. The van der Waals surface area contributed by atoms with Gasteiger partial charge in [0, 0.05) is 25.7 Å². The Morgan fingerprint density at radius 3 is 2.68 bits per heavy atom. The molecule has 2 amide bonds. The van der Waals surface area contributed by atoms with Crippen LogP contribution in [-0.2, 0) is 11.3 Å². The zero-order valence-corrected chi connectivity index (χ0v) is 17.0. The number of carboxylic acid groups (broad SMARTS) is 1. The first-order valence-corrected chi connectivity index (χ1v) is 10.2. The Morgan fingerprint density at radius 1 is 1.29 bits per heavy atom. The highest BCUT2D eigenvalue weighted by atomic mass is 16.5. The van der Waals surface area contributed by atoms with Crippen LogP contribution in [0, 0.1) is 0 Å². The molecule has 7 nitrogen and oxygen atoms in total. The van der Waals surface area contributed by atoms with Crippen LogP contribution < -0.4 is 10.1 Å². The third kappa shape index (κ3) is 7.03. The summed E-state index contributed by atoms with van der Waals surface area (Å²) in [5, 5.41) is 12.0. The molecule has 0 unspecified atom stereocenters. The van der Waals surface area contributed by atoms with E-state index in [2.05, 4.69) is 12.2 Å². The lowest BCUT2D eigenvalue weighted by molar-refractivity contribution is -0.139. The average Bonchev–Trinajstić information content (AvgIpc) is 2.71. The van der Waals surface area contributed by atoms with Crippen molar-refractivity contribution in [3.8, 4) is 5.75 Å². The van der Waals surface area contributed by atoms with E-state index in [1.807, 2.05) is 41.0 Å². The minimum absolute atomic E-state index is 0.0596. The third-order valence-electron chi connectivity index (χ3n) is 5.12. The van der Waals surface area contributed by atoms with Gasteiger partial charge in [0.15, 0.2) is 0 Å². The SMILES string of the molecule is CCCCOc1cccc(CNC(=O)N2CCC(N(CC)CC(=O)O)CC2)c1. The van der Waals surface area contributed by atoms with Crippen molar-refractivity contribution < 1.29 is 19.4 Å². The minimum Gasteiger partial charge on any atom is -0.494 e. The highest BCUT2D eigenvalue weighted by molar-refractivity contribution is 5.74. The van der Waals surface area contributed by atoms with Crippen molar-refractivity contribution in [2.75, 3.05) is 32.8 Å². The predicted molar refractivity (Wildman–Crippen MR) is 109 cm³/mol. The molecular formula is C21H33N3O4. The largest absolute Gasteiger partial charge is 0.494 e. The van der Waals surface area contributed by atoms with Gasteiger partial charge in [-0.1, -0.05) is 32.4 Å². The number of carboxylic acids is 1. The van der Waals surface area contributed by atoms with E-state index >= 15 is 0 Å². The molecule has 1 saturated heterocycles. The maximum Gasteiger partial charge on any atom is 0.317 e. The standard InChI is InChI=1S/C21H33N3O4/c1-3-5-13-28-19-8-6-7-17(14-19)15-22-21(27)24-11-9-18(10-12-24)23(4-2)16-20(25)26/h6-8,14,18H,3-5,9-13,15-16H2,1-2H3,(H,22,27)(H,25,26). The first-order chi connectivity index (χ1) is 13.5. The van der Waals surface area contributed by atoms with Crippen molar-refractivity contribution in [2.45, 2.75) is 52.1 Å². The summed E-state index contributed by atoms with van der Waals surface area (Å²) in [5.74, 6) is 0.0297. The van der Waals surface area contributed by atoms with Gasteiger partial charge >= 0.3 is 12.0 Å². The summed E-state index contributed by atoms with van der Waals surface area (Å²) in [4.78, 5) is 27.2. The van der Waals surface area contributed by atoms with E-state index in [-0.39, 0.29) is 18.6 Å². The zero-order chi connectivity index (χ0) is 20.4. The topological polar surface area (TPSA) is 82.1 Å². The van der Waals surface area contributed by atoms with Gasteiger partial charge in [-0.15, -0.1) is 0 Å². The summed E-state index contributed by atoms with van der Waals surface area (Å²) in [5.41, 5.74) is 1.01. The number of likely N-dealkylation sites (tertiary alicyclic amines) is 1. The molecule has 156 valence electrons. The van der Waals surface area contributed by atoms with Gasteiger partial charge in [0.2, 0.25) is 0 Å². The molecule has 1 aliphatic heterocycles. The predicted octanol–water partition coefficient (Wildman–Crippen LogP) is 2.95. The van der Waals surface area contributed by atoms with E-state index in [0.29, 0.717) is 32.8 Å². The number of hydrogen-bond donors (Lipinski definition) is 2. The van der Waals surface area contributed by atoms with E-state index in [0.717, 1.165) is 37.0 Å². The Bertz CT molecular complexity index is 630. The van der Waals surface area contributed by atoms with Crippen molar-refractivity contribution in [3.05, 3.63) is 29.8 Å². The van der Waals surface area contributed by atoms with Crippen molar-refractivity contribution in [2.24, 2.45) is 0 Å². The number of unbranched alkanes of at least 4 members (excludes halogenated alkanes) is 1. The number of nitrogens with zero attached hydrogens (tertiary/aromatic N) is 2. The molecule has 1 fully saturated rings. The monoisotopic (exact) mass is 391 g/mol. The second-order valence-electron chi connectivity index (χ2n) is 7.18. The highest BCUT2D eigenvalue weighted by Gasteiger charge is 2.27. The molecule has 1 heterocycles. The van der Waals surface area contributed by atoms with Crippen LogP contribution in [0.4, 0.5) is 4.79 Å². The Morgan fingerprint density at radius 2 is 2.04 bits per heavy atom. The second kappa shape index (κ2) is 11.5. The number of likely N-dealkylation sites (N-methyl/N-ethyl adjacent to an activating group) is 1. The Labute approximate surface area is 167 Å². The van der Waals surface area contributed by atoms with Crippen LogP contribution in [0.1, 0.15) is 45.1 Å². The molecule has 0 saturated carbocycles. The smallest absolute Gasteiger partial charge is 0.317 e. The minimum atomic E-state index is -0.803. The second-order valence-corrected chi connectivity index (χ2v) is 7.18. The van der Waals surface area contributed by atoms with Crippen molar-refractivity contribution in [1.82, 2.24) is 15.1 Å². The summed E-state index contributed by atoms with van der Waals surface area (Å²) in [6, 6.07) is 7.97. The Balaban J connectivity index is 1.77. The van der Waals surface area contributed by atoms with Gasteiger partial charge in [0.1, 0.15) is 5.75 Å². The number of amides is 2. The molecule has 2 rings (SSSR count). The van der Waals surface area contributed by atoms with Gasteiger partial charge in [0.05, 0.1) is 13.2 Å². The number of aliphatic carboxylic acids is 1. The fraction of sp³-hybridized carbons (Fsp3) is 0.619. The van der Waals surface area contributed by atoms with Crippen LogP contribution in [0.5, 0.6) is 5.75 Å². The fourth-order valence-corrected chi connectivity index (χ4v) is 3.48. The number of carbonyl (C=O) groups excluding carboxylic acids is 1. The normalized spacial score (nSPS) is 14.9. The van der Waals surface area contributed by atoms with Crippen LogP contribution in [0.15, 0.2) is 24.3 Å². The van der Waals surface area contributed by atoms with Crippen LogP contribution in [-0.4, -0.2) is 65.7 Å². The molecule has 0 radical (unpaired) electrons. The molecule has 1 aromatic rings. The van der Waals surface area contributed by atoms with Gasteiger partial charge in [-0.05, 0) is 43.5 Å². The summed E-state index contributed by atoms with van der Waals surface area (Å²) in [7, 11) is 0. The molecule has 28 heavy (non-hydrogen) atoms. The van der Waals surface area contributed by atoms with E-state index in [9.17, 15) is 9.59 Å². The molecule has 7 heteroatoms. The lowest BCUT2D eigenvalue weighted by Gasteiger charge is -2.37. The number of piperidine rings is 1. The van der Waals surface area contributed by atoms with Crippen LogP contribution in [0.2, 0.25) is 0 Å². The van der Waals surface area contributed by atoms with Crippen molar-refractivity contribution >= 4 is 12.0 Å². The molecule has 0 bridgehead atoms. The van der Waals surface area contributed by atoms with E-state index < -0.39 is 5.97 Å². The molecule has 2 N–H and O–H groups in total. The maximum absolute atomic E-state index is 12.5. The first-order valence-electron chi connectivity index (χ1n) is 10.2. The van der Waals surface area contributed by atoms with E-state index in [4.69, 9.17) is 9.84 Å². The maximum atomic E-state index is 12.5. The van der Waals surface area contributed by atoms with E-state index in [1.165, 1.54) is 0 Å². The molecule has 0 aliphatic carbocycles. The number of hydrogen-bond acceptors (Lipinski definition) is 4. The van der Waals surface area contributed by atoms with Crippen LogP contribution in [0.25, 0.3) is 0 Å². The number of urea groups is 1. The molecular weight excluding hydrogens is 358 g/mol. The third-order valence-corrected chi connectivity index (χ3v) is 5.12. The number of ether oxygens (including phenoxy) is 1. The van der Waals surface area contributed by atoms with Crippen molar-refractivity contribution in [3.63, 3.8) is 0 Å². The van der Waals surface area contributed by atoms with Gasteiger partial charge in [0.25, 0.3) is 0 Å². The summed E-state index contributed by atoms with van der Waals surface area (Å²) < 4.78 is 5.71. The Hall–Kier alpha value is -2.28. The van der Waals surface area contributed by atoms with Gasteiger partial charge in [-0.2, -0.15) is 0 Å². The van der Waals surface area contributed by atoms with Gasteiger partial charge in [-0.25, -0.2) is 4.79 Å². The molecule has 0 atom stereocenters. The Kier molecular flexibility index (Phi) is 9.07. The summed E-state index contributed by atoms with van der Waals surface area (Å²) in [6.07, 6.45) is 3.72. The number of nitrogens with one attached hydrogen (secondary N) is 1. The zero-order valence-electron chi connectivity index (χ0n) is 17.0. The van der Waals surface area contributed by atoms with Gasteiger partial charge in [-0.3, -0.25) is 9.69 Å². The highest BCUT2D eigenvalue weighted by Crippen LogP contribution is 2.17. The number of benzene rings is 1.